The second-order valence-electron chi connectivity index (χ2n) is 5.21. The molecule has 0 saturated carbocycles. The Morgan fingerprint density at radius 2 is 2.37 bits per heavy atom. The van der Waals surface area contributed by atoms with Gasteiger partial charge in [-0.05, 0) is 25.5 Å². The summed E-state index contributed by atoms with van der Waals surface area (Å²) in [4.78, 5) is 4.32. The molecule has 0 amide bonds. The summed E-state index contributed by atoms with van der Waals surface area (Å²) in [5, 5.41) is 7.80. The van der Waals surface area contributed by atoms with Crippen LogP contribution in [0, 0.1) is 0 Å². The van der Waals surface area contributed by atoms with Crippen LogP contribution < -0.4 is 5.32 Å². The van der Waals surface area contributed by atoms with Crippen LogP contribution in [0.3, 0.4) is 0 Å². The maximum absolute atomic E-state index is 4.32. The highest BCUT2D eigenvalue weighted by Crippen LogP contribution is 2.22. The fourth-order valence-corrected chi connectivity index (χ4v) is 2.79. The van der Waals surface area contributed by atoms with Crippen LogP contribution in [0.4, 0.5) is 0 Å². The highest BCUT2D eigenvalue weighted by Gasteiger charge is 2.18. The average molecular weight is 259 g/mol. The molecule has 0 aliphatic carbocycles. The molecule has 3 heterocycles. The van der Waals surface area contributed by atoms with Crippen LogP contribution >= 0.6 is 0 Å². The molecule has 3 rings (SSSR count). The Kier molecular flexibility index (Phi) is 3.64. The third kappa shape index (κ3) is 2.71. The number of nitrogens with one attached hydrogen (secondary N) is 1. The van der Waals surface area contributed by atoms with Crippen molar-refractivity contribution < 1.29 is 0 Å². The van der Waals surface area contributed by atoms with Gasteiger partial charge in [0.05, 0.1) is 12.0 Å². The molecular formula is C14H21N5. The van der Waals surface area contributed by atoms with E-state index in [0.717, 1.165) is 19.5 Å². The third-order valence-corrected chi connectivity index (χ3v) is 3.94. The maximum Gasteiger partial charge on any atom is 0.0948 e. The van der Waals surface area contributed by atoms with Crippen molar-refractivity contribution in [2.75, 3.05) is 6.54 Å². The van der Waals surface area contributed by atoms with Gasteiger partial charge in [0.25, 0.3) is 0 Å². The van der Waals surface area contributed by atoms with Crippen LogP contribution in [-0.4, -0.2) is 25.9 Å². The lowest BCUT2D eigenvalue weighted by molar-refractivity contribution is 0.392. The van der Waals surface area contributed by atoms with Gasteiger partial charge in [0, 0.05) is 44.1 Å². The standard InChI is InChI=1S/C14H21N5/c1-18-12(5-8-17-18)6-9-19-11-15-10-14(19)13-4-2-3-7-16-13/h5,8,10-11,13,16H,2-4,6-7,9H2,1H3. The molecule has 0 radical (unpaired) electrons. The molecule has 2 aromatic rings. The van der Waals surface area contributed by atoms with Gasteiger partial charge in [-0.2, -0.15) is 5.10 Å². The van der Waals surface area contributed by atoms with Crippen molar-refractivity contribution in [3.63, 3.8) is 0 Å². The van der Waals surface area contributed by atoms with Crippen molar-refractivity contribution >= 4 is 0 Å². The molecule has 1 N–H and O–H groups in total. The van der Waals surface area contributed by atoms with Crippen molar-refractivity contribution in [3.05, 3.63) is 36.2 Å². The summed E-state index contributed by atoms with van der Waals surface area (Å²) >= 11 is 0. The lowest BCUT2D eigenvalue weighted by Crippen LogP contribution is -2.28. The number of piperidine rings is 1. The lowest BCUT2D eigenvalue weighted by atomic mass is 10.0. The van der Waals surface area contributed by atoms with Crippen molar-refractivity contribution in [1.29, 1.82) is 0 Å². The number of nitrogens with zero attached hydrogens (tertiary/aromatic N) is 4. The Balaban J connectivity index is 1.68. The van der Waals surface area contributed by atoms with E-state index < -0.39 is 0 Å². The summed E-state index contributed by atoms with van der Waals surface area (Å²) in [6.07, 6.45) is 10.6. The largest absolute Gasteiger partial charge is 0.333 e. The van der Waals surface area contributed by atoms with E-state index >= 15 is 0 Å². The Morgan fingerprint density at radius 1 is 1.42 bits per heavy atom. The highest BCUT2D eigenvalue weighted by molar-refractivity contribution is 5.07. The topological polar surface area (TPSA) is 47.7 Å². The number of aromatic nitrogens is 4. The van der Waals surface area contributed by atoms with Crippen molar-refractivity contribution in [2.24, 2.45) is 7.05 Å². The zero-order valence-corrected chi connectivity index (χ0v) is 11.4. The molecule has 2 aromatic heterocycles. The second-order valence-corrected chi connectivity index (χ2v) is 5.21. The zero-order chi connectivity index (χ0) is 13.1. The van der Waals surface area contributed by atoms with Gasteiger partial charge in [0.2, 0.25) is 0 Å². The normalized spacial score (nSPS) is 19.7. The van der Waals surface area contributed by atoms with E-state index in [0.29, 0.717) is 6.04 Å². The predicted molar refractivity (Wildman–Crippen MR) is 73.7 cm³/mol. The van der Waals surface area contributed by atoms with E-state index in [2.05, 4.69) is 26.0 Å². The van der Waals surface area contributed by atoms with Gasteiger partial charge in [-0.3, -0.25) is 4.68 Å². The van der Waals surface area contributed by atoms with E-state index in [-0.39, 0.29) is 0 Å². The van der Waals surface area contributed by atoms with E-state index in [4.69, 9.17) is 0 Å². The summed E-state index contributed by atoms with van der Waals surface area (Å²) in [5.41, 5.74) is 2.58. The summed E-state index contributed by atoms with van der Waals surface area (Å²) in [7, 11) is 1.99. The summed E-state index contributed by atoms with van der Waals surface area (Å²) < 4.78 is 4.21. The monoisotopic (exact) mass is 259 g/mol. The van der Waals surface area contributed by atoms with Gasteiger partial charge in [-0.1, -0.05) is 6.42 Å². The van der Waals surface area contributed by atoms with E-state index in [1.807, 2.05) is 30.5 Å². The van der Waals surface area contributed by atoms with Gasteiger partial charge < -0.3 is 9.88 Å². The lowest BCUT2D eigenvalue weighted by Gasteiger charge is -2.24. The number of rotatable bonds is 4. The molecule has 0 aromatic carbocycles. The smallest absolute Gasteiger partial charge is 0.0948 e. The van der Waals surface area contributed by atoms with Gasteiger partial charge in [-0.15, -0.1) is 0 Å². The summed E-state index contributed by atoms with van der Waals surface area (Å²) in [5.74, 6) is 0. The summed E-state index contributed by atoms with van der Waals surface area (Å²) in [6, 6.07) is 2.55. The molecule has 1 unspecified atom stereocenters. The van der Waals surface area contributed by atoms with E-state index in [9.17, 15) is 0 Å². The first-order valence-corrected chi connectivity index (χ1v) is 7.05. The van der Waals surface area contributed by atoms with Gasteiger partial charge in [0.15, 0.2) is 0 Å². The highest BCUT2D eigenvalue weighted by atomic mass is 15.3. The quantitative estimate of drug-likeness (QED) is 0.908. The summed E-state index contributed by atoms with van der Waals surface area (Å²) in [6.45, 7) is 2.09. The SMILES string of the molecule is Cn1nccc1CCn1cncc1C1CCCCN1. The Bertz CT molecular complexity index is 521. The minimum atomic E-state index is 0.475. The van der Waals surface area contributed by atoms with Crippen molar-refractivity contribution in [3.8, 4) is 0 Å². The van der Waals surface area contributed by atoms with Gasteiger partial charge >= 0.3 is 0 Å². The Morgan fingerprint density at radius 3 is 3.11 bits per heavy atom. The van der Waals surface area contributed by atoms with Crippen LogP contribution in [0.15, 0.2) is 24.8 Å². The molecule has 1 atom stereocenters. The first-order chi connectivity index (χ1) is 9.34. The molecule has 1 fully saturated rings. The molecule has 0 spiro atoms. The van der Waals surface area contributed by atoms with Gasteiger partial charge in [0.1, 0.15) is 0 Å². The molecule has 1 aliphatic heterocycles. The van der Waals surface area contributed by atoms with Crippen LogP contribution in [0.1, 0.15) is 36.7 Å². The zero-order valence-electron chi connectivity index (χ0n) is 11.4. The van der Waals surface area contributed by atoms with Gasteiger partial charge in [-0.25, -0.2) is 4.98 Å². The van der Waals surface area contributed by atoms with Crippen LogP contribution in [0.25, 0.3) is 0 Å². The first kappa shape index (κ1) is 12.4. The molecule has 19 heavy (non-hydrogen) atoms. The predicted octanol–water partition coefficient (Wildman–Crippen LogP) is 1.67. The third-order valence-electron chi connectivity index (χ3n) is 3.94. The number of imidazole rings is 1. The Hall–Kier alpha value is -1.62. The minimum absolute atomic E-state index is 0.475. The minimum Gasteiger partial charge on any atom is -0.333 e. The number of aryl methyl sites for hydroxylation is 3. The number of hydrogen-bond acceptors (Lipinski definition) is 3. The van der Waals surface area contributed by atoms with E-state index in [1.54, 1.807) is 0 Å². The molecule has 5 nitrogen and oxygen atoms in total. The Labute approximate surface area is 113 Å². The van der Waals surface area contributed by atoms with Crippen molar-refractivity contribution in [1.82, 2.24) is 24.6 Å². The average Bonchev–Trinajstić information content (AvgIpc) is 3.06. The first-order valence-electron chi connectivity index (χ1n) is 7.05. The molecule has 5 heteroatoms. The van der Waals surface area contributed by atoms with Crippen molar-refractivity contribution in [2.45, 2.75) is 38.3 Å². The number of hydrogen-bond donors (Lipinski definition) is 1. The van der Waals surface area contributed by atoms with Crippen LogP contribution in [0.5, 0.6) is 0 Å². The van der Waals surface area contributed by atoms with Crippen LogP contribution in [0.2, 0.25) is 0 Å². The molecule has 1 aliphatic rings. The molecule has 0 bridgehead atoms. The molecule has 102 valence electrons. The maximum atomic E-state index is 4.32. The molecular weight excluding hydrogens is 238 g/mol. The van der Waals surface area contributed by atoms with E-state index in [1.165, 1.54) is 30.7 Å². The molecule has 1 saturated heterocycles. The fraction of sp³-hybridized carbons (Fsp3) is 0.571. The second kappa shape index (κ2) is 5.57. The fourth-order valence-electron chi connectivity index (χ4n) is 2.79. The van der Waals surface area contributed by atoms with Crippen LogP contribution in [-0.2, 0) is 20.0 Å².